The Morgan fingerprint density at radius 1 is 1.50 bits per heavy atom. The number of hydrogen-bond acceptors (Lipinski definition) is 2. The van der Waals surface area contributed by atoms with Crippen LogP contribution in [0.2, 0.25) is 5.02 Å². The number of urea groups is 1. The molecule has 0 atom stereocenters. The van der Waals surface area contributed by atoms with Gasteiger partial charge in [-0.2, -0.15) is 0 Å². The second-order valence-electron chi connectivity index (χ2n) is 3.21. The van der Waals surface area contributed by atoms with Crippen LogP contribution in [0.25, 0.3) is 0 Å². The van der Waals surface area contributed by atoms with Crippen molar-refractivity contribution in [1.82, 2.24) is 10.6 Å². The van der Waals surface area contributed by atoms with Gasteiger partial charge in [-0.25, -0.2) is 4.79 Å². The molecule has 0 radical (unpaired) electrons. The maximum absolute atomic E-state index is 10.9. The summed E-state index contributed by atoms with van der Waals surface area (Å²) in [5.74, 6) is 0.730. The van der Waals surface area contributed by atoms with Crippen molar-refractivity contribution in [2.75, 3.05) is 20.7 Å². The third-order valence-corrected chi connectivity index (χ3v) is 2.52. The summed E-state index contributed by atoms with van der Waals surface area (Å²) in [6, 6.07) is 5.31. The number of carbonyl (C=O) groups is 1. The molecular formula is C11H15ClN2O2. The summed E-state index contributed by atoms with van der Waals surface area (Å²) in [5.41, 5.74) is 0.985. The smallest absolute Gasteiger partial charge is 0.314 e. The molecule has 88 valence electrons. The molecule has 0 heterocycles. The summed E-state index contributed by atoms with van der Waals surface area (Å²) in [6.45, 7) is 0.547. The van der Waals surface area contributed by atoms with Crippen molar-refractivity contribution >= 4 is 17.6 Å². The van der Waals surface area contributed by atoms with E-state index in [-0.39, 0.29) is 6.03 Å². The fourth-order valence-electron chi connectivity index (χ4n) is 1.26. The van der Waals surface area contributed by atoms with Crippen molar-refractivity contribution in [3.63, 3.8) is 0 Å². The van der Waals surface area contributed by atoms with Crippen molar-refractivity contribution in [2.24, 2.45) is 0 Å². The second-order valence-corrected chi connectivity index (χ2v) is 3.62. The normalized spacial score (nSPS) is 9.69. The first kappa shape index (κ1) is 12.6. The van der Waals surface area contributed by atoms with Crippen LogP contribution in [0.15, 0.2) is 18.2 Å². The lowest BCUT2D eigenvalue weighted by Crippen LogP contribution is -2.34. The number of halogens is 1. The molecular weight excluding hydrogens is 228 g/mol. The van der Waals surface area contributed by atoms with Gasteiger partial charge in [-0.15, -0.1) is 0 Å². The molecule has 16 heavy (non-hydrogen) atoms. The van der Waals surface area contributed by atoms with Crippen molar-refractivity contribution in [1.29, 1.82) is 0 Å². The fraction of sp³-hybridized carbons (Fsp3) is 0.364. The molecule has 5 heteroatoms. The van der Waals surface area contributed by atoms with Crippen LogP contribution in [0.1, 0.15) is 5.56 Å². The average molecular weight is 243 g/mol. The Hall–Kier alpha value is -1.42. The van der Waals surface area contributed by atoms with Crippen molar-refractivity contribution in [2.45, 2.75) is 6.42 Å². The Morgan fingerprint density at radius 2 is 2.25 bits per heavy atom. The number of ether oxygens (including phenoxy) is 1. The molecule has 1 aromatic carbocycles. The van der Waals surface area contributed by atoms with Crippen molar-refractivity contribution in [3.8, 4) is 5.75 Å². The van der Waals surface area contributed by atoms with Crippen molar-refractivity contribution in [3.05, 3.63) is 28.8 Å². The number of rotatable bonds is 4. The van der Waals surface area contributed by atoms with Gasteiger partial charge in [0.05, 0.1) is 7.11 Å². The summed E-state index contributed by atoms with van der Waals surface area (Å²) >= 11 is 6.05. The van der Waals surface area contributed by atoms with Gasteiger partial charge < -0.3 is 15.4 Å². The molecule has 1 aromatic rings. The quantitative estimate of drug-likeness (QED) is 0.846. The van der Waals surface area contributed by atoms with Gasteiger partial charge >= 0.3 is 6.03 Å². The highest BCUT2D eigenvalue weighted by Crippen LogP contribution is 2.22. The van der Waals surface area contributed by atoms with Crippen LogP contribution in [-0.2, 0) is 6.42 Å². The SMILES string of the molecule is CNC(=O)NCCc1ccc(OC)cc1Cl. The molecule has 0 saturated heterocycles. The number of methoxy groups -OCH3 is 1. The molecule has 4 nitrogen and oxygen atoms in total. The molecule has 0 spiro atoms. The van der Waals surface area contributed by atoms with Crippen LogP contribution in [0.5, 0.6) is 5.75 Å². The van der Waals surface area contributed by atoms with E-state index < -0.39 is 0 Å². The summed E-state index contributed by atoms with van der Waals surface area (Å²) in [4.78, 5) is 10.9. The lowest BCUT2D eigenvalue weighted by molar-refractivity contribution is 0.243. The zero-order chi connectivity index (χ0) is 12.0. The first-order valence-corrected chi connectivity index (χ1v) is 5.33. The van der Waals surface area contributed by atoms with Crippen LogP contribution in [0, 0.1) is 0 Å². The Morgan fingerprint density at radius 3 is 2.81 bits per heavy atom. The molecule has 0 fully saturated rings. The standard InChI is InChI=1S/C11H15ClN2O2/c1-13-11(15)14-6-5-8-3-4-9(16-2)7-10(8)12/h3-4,7H,5-6H2,1-2H3,(H2,13,14,15). The van der Waals surface area contributed by atoms with E-state index in [9.17, 15) is 4.79 Å². The van der Waals surface area contributed by atoms with E-state index in [0.717, 1.165) is 11.3 Å². The first-order chi connectivity index (χ1) is 7.67. The fourth-order valence-corrected chi connectivity index (χ4v) is 1.52. The number of benzene rings is 1. The Bertz CT molecular complexity index is 369. The van der Waals surface area contributed by atoms with E-state index in [0.29, 0.717) is 18.0 Å². The molecule has 2 amide bonds. The second kappa shape index (κ2) is 6.23. The highest BCUT2D eigenvalue weighted by molar-refractivity contribution is 6.31. The van der Waals surface area contributed by atoms with Gasteiger partial charge in [-0.05, 0) is 24.1 Å². The predicted molar refractivity (Wildman–Crippen MR) is 64.2 cm³/mol. The van der Waals surface area contributed by atoms with Crippen LogP contribution >= 0.6 is 11.6 Å². The summed E-state index contributed by atoms with van der Waals surface area (Å²) in [5, 5.41) is 5.83. The minimum Gasteiger partial charge on any atom is -0.497 e. The van der Waals surface area contributed by atoms with E-state index in [1.165, 1.54) is 0 Å². The van der Waals surface area contributed by atoms with Gasteiger partial charge in [0, 0.05) is 18.6 Å². The minimum atomic E-state index is -0.190. The molecule has 0 aliphatic rings. The van der Waals surface area contributed by atoms with E-state index in [1.54, 1.807) is 20.2 Å². The largest absolute Gasteiger partial charge is 0.497 e. The predicted octanol–water partition coefficient (Wildman–Crippen LogP) is 1.82. The Kier molecular flexibility index (Phi) is 4.92. The van der Waals surface area contributed by atoms with Crippen LogP contribution in [0.3, 0.4) is 0 Å². The highest BCUT2D eigenvalue weighted by Gasteiger charge is 2.03. The average Bonchev–Trinajstić information content (AvgIpc) is 2.30. The van der Waals surface area contributed by atoms with Crippen LogP contribution in [0.4, 0.5) is 4.79 Å². The molecule has 0 saturated carbocycles. The van der Waals surface area contributed by atoms with E-state index in [4.69, 9.17) is 16.3 Å². The van der Waals surface area contributed by atoms with E-state index in [1.807, 2.05) is 12.1 Å². The Labute approximate surface area is 99.9 Å². The number of amides is 2. The van der Waals surface area contributed by atoms with E-state index >= 15 is 0 Å². The molecule has 2 N–H and O–H groups in total. The molecule has 0 unspecified atom stereocenters. The van der Waals surface area contributed by atoms with Crippen molar-refractivity contribution < 1.29 is 9.53 Å². The van der Waals surface area contributed by atoms with Gasteiger partial charge in [-0.1, -0.05) is 17.7 Å². The molecule has 0 aliphatic carbocycles. The van der Waals surface area contributed by atoms with Gasteiger partial charge in [0.1, 0.15) is 5.75 Å². The Balaban J connectivity index is 2.51. The van der Waals surface area contributed by atoms with Gasteiger partial charge in [-0.3, -0.25) is 0 Å². The lowest BCUT2D eigenvalue weighted by atomic mass is 10.1. The molecule has 0 aliphatic heterocycles. The van der Waals surface area contributed by atoms with Gasteiger partial charge in [0.2, 0.25) is 0 Å². The van der Waals surface area contributed by atoms with E-state index in [2.05, 4.69) is 10.6 Å². The maximum Gasteiger partial charge on any atom is 0.314 e. The monoisotopic (exact) mass is 242 g/mol. The summed E-state index contributed by atoms with van der Waals surface area (Å²) < 4.78 is 5.05. The van der Waals surface area contributed by atoms with Crippen LogP contribution in [-0.4, -0.2) is 26.7 Å². The van der Waals surface area contributed by atoms with Gasteiger partial charge in [0.15, 0.2) is 0 Å². The minimum absolute atomic E-state index is 0.190. The zero-order valence-electron chi connectivity index (χ0n) is 9.34. The lowest BCUT2D eigenvalue weighted by Gasteiger charge is -2.07. The molecule has 1 rings (SSSR count). The number of nitrogens with one attached hydrogen (secondary N) is 2. The van der Waals surface area contributed by atoms with Crippen LogP contribution < -0.4 is 15.4 Å². The number of carbonyl (C=O) groups excluding carboxylic acids is 1. The summed E-state index contributed by atoms with van der Waals surface area (Å²) in [6.07, 6.45) is 0.691. The maximum atomic E-state index is 10.9. The first-order valence-electron chi connectivity index (χ1n) is 4.95. The third kappa shape index (κ3) is 3.62. The number of hydrogen-bond donors (Lipinski definition) is 2. The highest BCUT2D eigenvalue weighted by atomic mass is 35.5. The summed E-state index contributed by atoms with van der Waals surface area (Å²) in [7, 11) is 3.17. The third-order valence-electron chi connectivity index (χ3n) is 2.17. The molecule has 0 bridgehead atoms. The van der Waals surface area contributed by atoms with Gasteiger partial charge in [0.25, 0.3) is 0 Å². The zero-order valence-corrected chi connectivity index (χ0v) is 10.1. The topological polar surface area (TPSA) is 50.4 Å². The molecule has 0 aromatic heterocycles.